The van der Waals surface area contributed by atoms with Gasteiger partial charge in [-0.2, -0.15) is 0 Å². The minimum Gasteiger partial charge on any atom is -0.482 e. The molecular formula is C16H15Cl3N2O4S. The van der Waals surface area contributed by atoms with Crippen molar-refractivity contribution < 1.29 is 17.9 Å². The number of primary sulfonamides is 1. The number of halogens is 3. The van der Waals surface area contributed by atoms with Crippen molar-refractivity contribution in [1.29, 1.82) is 0 Å². The Morgan fingerprint density at radius 3 is 2.27 bits per heavy atom. The number of hydrogen-bond acceptors (Lipinski definition) is 4. The van der Waals surface area contributed by atoms with Crippen LogP contribution in [0.25, 0.3) is 0 Å². The number of nitrogens with two attached hydrogens (primary N) is 1. The molecule has 1 amide bonds. The van der Waals surface area contributed by atoms with Crippen molar-refractivity contribution >= 4 is 50.7 Å². The van der Waals surface area contributed by atoms with Gasteiger partial charge in [0, 0.05) is 12.6 Å². The Morgan fingerprint density at radius 1 is 1.04 bits per heavy atom. The molecule has 0 heterocycles. The molecule has 0 saturated heterocycles. The number of carbonyl (C=O) groups is 1. The average molecular weight is 438 g/mol. The van der Waals surface area contributed by atoms with Gasteiger partial charge in [0.1, 0.15) is 5.75 Å². The average Bonchev–Trinajstić information content (AvgIpc) is 2.56. The van der Waals surface area contributed by atoms with Crippen LogP contribution in [0.2, 0.25) is 15.1 Å². The van der Waals surface area contributed by atoms with Crippen LogP contribution in [-0.4, -0.2) is 27.5 Å². The number of carbonyl (C=O) groups excluding carboxylic acids is 1. The molecule has 0 bridgehead atoms. The molecule has 0 radical (unpaired) electrons. The third kappa shape index (κ3) is 6.03. The van der Waals surface area contributed by atoms with Crippen molar-refractivity contribution in [2.24, 2.45) is 5.14 Å². The second kappa shape index (κ2) is 8.92. The Hall–Kier alpha value is -1.51. The first kappa shape index (κ1) is 20.8. The Balaban J connectivity index is 1.80. The smallest absolute Gasteiger partial charge is 0.257 e. The maximum absolute atomic E-state index is 11.8. The standard InChI is InChI=1S/C16H15Cl3N2O4S/c17-12-7-14(19)15(8-13(12)18)25-9-16(22)21-6-5-10-1-3-11(4-2-10)26(20,23)24/h1-4,7-8H,5-6,9H2,(H,21,22)(H2,20,23,24). The molecule has 2 aromatic carbocycles. The predicted octanol–water partition coefficient (Wildman–Crippen LogP) is 3.03. The van der Waals surface area contributed by atoms with Crippen LogP contribution in [0.3, 0.4) is 0 Å². The van der Waals surface area contributed by atoms with E-state index < -0.39 is 10.0 Å². The Bertz CT molecular complexity index is 902. The van der Waals surface area contributed by atoms with Crippen molar-refractivity contribution in [3.63, 3.8) is 0 Å². The normalized spacial score (nSPS) is 11.2. The van der Waals surface area contributed by atoms with Gasteiger partial charge in [-0.05, 0) is 30.2 Å². The van der Waals surface area contributed by atoms with Gasteiger partial charge in [-0.15, -0.1) is 0 Å². The summed E-state index contributed by atoms with van der Waals surface area (Å²) in [6, 6.07) is 8.98. The molecule has 2 rings (SSSR count). The molecule has 0 unspecified atom stereocenters. The summed E-state index contributed by atoms with van der Waals surface area (Å²) in [6.07, 6.45) is 0.518. The van der Waals surface area contributed by atoms with Crippen LogP contribution in [0, 0.1) is 0 Å². The van der Waals surface area contributed by atoms with Crippen molar-refractivity contribution in [3.05, 3.63) is 57.0 Å². The SMILES string of the molecule is NS(=O)(=O)c1ccc(CCNC(=O)COc2cc(Cl)c(Cl)cc2Cl)cc1. The van der Waals surface area contributed by atoms with E-state index in [1.807, 2.05) is 0 Å². The van der Waals surface area contributed by atoms with Gasteiger partial charge in [-0.3, -0.25) is 4.79 Å². The number of benzene rings is 2. The van der Waals surface area contributed by atoms with Crippen molar-refractivity contribution in [1.82, 2.24) is 5.32 Å². The van der Waals surface area contributed by atoms with E-state index in [0.717, 1.165) is 5.56 Å². The summed E-state index contributed by atoms with van der Waals surface area (Å²) in [5, 5.41) is 8.53. The van der Waals surface area contributed by atoms with Crippen LogP contribution in [0.5, 0.6) is 5.75 Å². The van der Waals surface area contributed by atoms with Gasteiger partial charge in [0.25, 0.3) is 5.91 Å². The minimum absolute atomic E-state index is 0.0391. The fourth-order valence-electron chi connectivity index (χ4n) is 2.00. The molecule has 2 aromatic rings. The molecule has 0 spiro atoms. The highest BCUT2D eigenvalue weighted by Gasteiger charge is 2.10. The summed E-state index contributed by atoms with van der Waals surface area (Å²) in [5.74, 6) is -0.0805. The van der Waals surface area contributed by atoms with Crippen molar-refractivity contribution in [3.8, 4) is 5.75 Å². The van der Waals surface area contributed by atoms with Crippen LogP contribution >= 0.6 is 34.8 Å². The highest BCUT2D eigenvalue weighted by molar-refractivity contribution is 7.89. The van der Waals surface area contributed by atoms with E-state index >= 15 is 0 Å². The lowest BCUT2D eigenvalue weighted by atomic mass is 10.1. The molecule has 0 atom stereocenters. The third-order valence-corrected chi connectivity index (χ3v) is 5.27. The Morgan fingerprint density at radius 2 is 1.65 bits per heavy atom. The summed E-state index contributed by atoms with van der Waals surface area (Å²) in [7, 11) is -3.71. The first-order valence-corrected chi connectivity index (χ1v) is 10.0. The fraction of sp³-hybridized carbons (Fsp3) is 0.188. The molecular weight excluding hydrogens is 423 g/mol. The predicted molar refractivity (Wildman–Crippen MR) is 101 cm³/mol. The number of sulfonamides is 1. The molecule has 10 heteroatoms. The second-order valence-electron chi connectivity index (χ2n) is 5.27. The lowest BCUT2D eigenvalue weighted by molar-refractivity contribution is -0.123. The largest absolute Gasteiger partial charge is 0.482 e. The van der Waals surface area contributed by atoms with Crippen molar-refractivity contribution in [2.45, 2.75) is 11.3 Å². The molecule has 0 aromatic heterocycles. The number of ether oxygens (including phenoxy) is 1. The van der Waals surface area contributed by atoms with E-state index in [-0.39, 0.29) is 33.2 Å². The van der Waals surface area contributed by atoms with Crippen LogP contribution in [-0.2, 0) is 21.2 Å². The fourth-order valence-corrected chi connectivity index (χ4v) is 3.11. The lowest BCUT2D eigenvalue weighted by Crippen LogP contribution is -2.30. The monoisotopic (exact) mass is 436 g/mol. The summed E-state index contributed by atoms with van der Waals surface area (Å²) in [4.78, 5) is 11.9. The number of amides is 1. The topological polar surface area (TPSA) is 98.5 Å². The molecule has 3 N–H and O–H groups in total. The van der Waals surface area contributed by atoms with Gasteiger partial charge in [-0.25, -0.2) is 13.6 Å². The minimum atomic E-state index is -3.71. The molecule has 0 fully saturated rings. The molecule has 26 heavy (non-hydrogen) atoms. The van der Waals surface area contributed by atoms with Gasteiger partial charge in [0.05, 0.1) is 20.0 Å². The highest BCUT2D eigenvalue weighted by atomic mass is 35.5. The van der Waals surface area contributed by atoms with Crippen LogP contribution in [0.4, 0.5) is 0 Å². The zero-order chi connectivity index (χ0) is 19.3. The first-order chi connectivity index (χ1) is 12.2. The molecule has 0 saturated carbocycles. The zero-order valence-electron chi connectivity index (χ0n) is 13.3. The molecule has 0 aliphatic rings. The van der Waals surface area contributed by atoms with Gasteiger partial charge in [0.2, 0.25) is 10.0 Å². The van der Waals surface area contributed by atoms with Crippen molar-refractivity contribution in [2.75, 3.05) is 13.2 Å². The number of rotatable bonds is 7. The van der Waals surface area contributed by atoms with E-state index in [1.165, 1.54) is 24.3 Å². The van der Waals surface area contributed by atoms with E-state index in [9.17, 15) is 13.2 Å². The zero-order valence-corrected chi connectivity index (χ0v) is 16.4. The van der Waals surface area contributed by atoms with E-state index in [0.29, 0.717) is 18.0 Å². The molecule has 0 aliphatic carbocycles. The summed E-state index contributed by atoms with van der Waals surface area (Å²) in [6.45, 7) is 0.119. The van der Waals surface area contributed by atoms with Gasteiger partial charge in [0.15, 0.2) is 6.61 Å². The molecule has 6 nitrogen and oxygen atoms in total. The van der Waals surface area contributed by atoms with E-state index in [2.05, 4.69) is 5.32 Å². The van der Waals surface area contributed by atoms with E-state index in [1.54, 1.807) is 12.1 Å². The summed E-state index contributed by atoms with van der Waals surface area (Å²) in [5.41, 5.74) is 0.853. The van der Waals surface area contributed by atoms with Gasteiger partial charge >= 0.3 is 0 Å². The number of hydrogen-bond donors (Lipinski definition) is 2. The Kier molecular flexibility index (Phi) is 7.14. The maximum atomic E-state index is 11.8. The quantitative estimate of drug-likeness (QED) is 0.650. The molecule has 140 valence electrons. The van der Waals surface area contributed by atoms with Crippen LogP contribution < -0.4 is 15.2 Å². The highest BCUT2D eigenvalue weighted by Crippen LogP contribution is 2.33. The summed E-state index contributed by atoms with van der Waals surface area (Å²) < 4.78 is 27.7. The van der Waals surface area contributed by atoms with Gasteiger partial charge < -0.3 is 10.1 Å². The molecule has 0 aliphatic heterocycles. The summed E-state index contributed by atoms with van der Waals surface area (Å²) >= 11 is 17.7. The third-order valence-electron chi connectivity index (χ3n) is 3.32. The van der Waals surface area contributed by atoms with Crippen LogP contribution in [0.15, 0.2) is 41.3 Å². The van der Waals surface area contributed by atoms with Crippen LogP contribution in [0.1, 0.15) is 5.56 Å². The lowest BCUT2D eigenvalue weighted by Gasteiger charge is -2.10. The van der Waals surface area contributed by atoms with E-state index in [4.69, 9.17) is 44.7 Å². The first-order valence-electron chi connectivity index (χ1n) is 7.32. The Labute approximate surface area is 166 Å². The van der Waals surface area contributed by atoms with Gasteiger partial charge in [-0.1, -0.05) is 46.9 Å². The second-order valence-corrected chi connectivity index (χ2v) is 8.06. The maximum Gasteiger partial charge on any atom is 0.257 e. The number of nitrogens with one attached hydrogen (secondary N) is 1.